The Labute approximate surface area is 106 Å². The van der Waals surface area contributed by atoms with E-state index in [0.717, 1.165) is 10.9 Å². The first-order chi connectivity index (χ1) is 8.52. The molecule has 0 bridgehead atoms. The van der Waals surface area contributed by atoms with E-state index in [1.165, 1.54) is 0 Å². The van der Waals surface area contributed by atoms with Crippen molar-refractivity contribution in [2.75, 3.05) is 33.5 Å². The molecule has 2 rings (SSSR count). The normalized spacial score (nSPS) is 11.1. The fourth-order valence-electron chi connectivity index (χ4n) is 1.92. The number of nitrogens with zero attached hydrogens (tertiary/aromatic N) is 2. The predicted octanol–water partition coefficient (Wildman–Crippen LogP) is 1.43. The smallest absolute Gasteiger partial charge is 0.245 e. The van der Waals surface area contributed by atoms with Crippen LogP contribution in [-0.2, 0) is 0 Å². The molecule has 0 atom stereocenters. The lowest BCUT2D eigenvalue weighted by Gasteiger charge is -2.10. The zero-order valence-corrected chi connectivity index (χ0v) is 10.8. The van der Waals surface area contributed by atoms with Gasteiger partial charge in [0.15, 0.2) is 0 Å². The number of hydrogen-bond acceptors (Lipinski definition) is 4. The Morgan fingerprint density at radius 3 is 2.78 bits per heavy atom. The lowest BCUT2D eigenvalue weighted by molar-refractivity contribution is 0.0882. The molecule has 1 heterocycles. The molecule has 5 nitrogen and oxygen atoms in total. The number of aromatic nitrogens is 1. The highest BCUT2D eigenvalue weighted by molar-refractivity contribution is 5.95. The van der Waals surface area contributed by atoms with Gasteiger partial charge in [0.25, 0.3) is 0 Å². The molecular formula is C13H17N3O2. The summed E-state index contributed by atoms with van der Waals surface area (Å²) in [5, 5.41) is 0.938. The Kier molecular flexibility index (Phi) is 3.25. The van der Waals surface area contributed by atoms with Gasteiger partial charge in [-0.1, -0.05) is 0 Å². The van der Waals surface area contributed by atoms with Crippen molar-refractivity contribution in [3.05, 3.63) is 24.4 Å². The van der Waals surface area contributed by atoms with Crippen LogP contribution in [0.5, 0.6) is 5.75 Å². The summed E-state index contributed by atoms with van der Waals surface area (Å²) in [6, 6.07) is 5.48. The van der Waals surface area contributed by atoms with Crippen LogP contribution in [0.25, 0.3) is 10.9 Å². The average molecular weight is 247 g/mol. The molecule has 2 aromatic rings. The second-order valence-corrected chi connectivity index (χ2v) is 4.47. The van der Waals surface area contributed by atoms with Gasteiger partial charge in [0.1, 0.15) is 5.75 Å². The molecule has 0 saturated heterocycles. The number of nitrogen functional groups attached to an aromatic ring is 1. The summed E-state index contributed by atoms with van der Waals surface area (Å²) in [7, 11) is 5.30. The third kappa shape index (κ3) is 2.17. The number of likely N-dealkylation sites (N-methyl/N-ethyl adjacent to an activating group) is 1. The lowest BCUT2D eigenvalue weighted by Crippen LogP contribution is -2.25. The maximum atomic E-state index is 12.0. The van der Waals surface area contributed by atoms with Gasteiger partial charge in [-0.25, -0.2) is 0 Å². The molecule has 96 valence electrons. The van der Waals surface area contributed by atoms with Crippen LogP contribution in [0, 0.1) is 0 Å². The zero-order valence-electron chi connectivity index (χ0n) is 10.8. The van der Waals surface area contributed by atoms with Crippen LogP contribution < -0.4 is 10.5 Å². The maximum Gasteiger partial charge on any atom is 0.245 e. The monoisotopic (exact) mass is 247 g/mol. The van der Waals surface area contributed by atoms with E-state index in [4.69, 9.17) is 10.5 Å². The summed E-state index contributed by atoms with van der Waals surface area (Å²) in [5.74, 6) is 0.639. The van der Waals surface area contributed by atoms with E-state index in [1.54, 1.807) is 23.9 Å². The van der Waals surface area contributed by atoms with Gasteiger partial charge in [-0.2, -0.15) is 0 Å². The molecule has 0 saturated carbocycles. The average Bonchev–Trinajstić information content (AvgIpc) is 2.69. The molecule has 0 radical (unpaired) electrons. The van der Waals surface area contributed by atoms with E-state index in [-0.39, 0.29) is 5.91 Å². The van der Waals surface area contributed by atoms with Gasteiger partial charge in [-0.05, 0) is 32.3 Å². The highest BCUT2D eigenvalue weighted by atomic mass is 16.5. The summed E-state index contributed by atoms with van der Waals surface area (Å²) in [5.41, 5.74) is 7.20. The number of benzene rings is 1. The Balaban J connectivity index is 2.48. The Bertz CT molecular complexity index is 587. The topological polar surface area (TPSA) is 60.5 Å². The fraction of sp³-hybridized carbons (Fsp3) is 0.308. The van der Waals surface area contributed by atoms with Crippen LogP contribution in [0.2, 0.25) is 0 Å². The van der Waals surface area contributed by atoms with Crippen molar-refractivity contribution >= 4 is 22.5 Å². The molecule has 0 fully saturated rings. The van der Waals surface area contributed by atoms with Crippen molar-refractivity contribution in [1.82, 2.24) is 9.47 Å². The van der Waals surface area contributed by atoms with Crippen molar-refractivity contribution in [1.29, 1.82) is 0 Å². The number of methoxy groups -OCH3 is 1. The van der Waals surface area contributed by atoms with Crippen LogP contribution in [0.3, 0.4) is 0 Å². The molecular weight excluding hydrogens is 230 g/mol. The number of hydrogen-bond donors (Lipinski definition) is 1. The van der Waals surface area contributed by atoms with Gasteiger partial charge in [0.2, 0.25) is 5.91 Å². The van der Waals surface area contributed by atoms with Gasteiger partial charge in [0, 0.05) is 11.6 Å². The number of rotatable bonds is 3. The highest BCUT2D eigenvalue weighted by Crippen LogP contribution is 2.28. The zero-order chi connectivity index (χ0) is 13.3. The van der Waals surface area contributed by atoms with Crippen molar-refractivity contribution in [3.63, 3.8) is 0 Å². The van der Waals surface area contributed by atoms with Crippen molar-refractivity contribution < 1.29 is 9.53 Å². The van der Waals surface area contributed by atoms with E-state index in [9.17, 15) is 4.79 Å². The van der Waals surface area contributed by atoms with Crippen LogP contribution in [0.4, 0.5) is 5.69 Å². The first-order valence-electron chi connectivity index (χ1n) is 5.65. The van der Waals surface area contributed by atoms with Gasteiger partial charge >= 0.3 is 0 Å². The van der Waals surface area contributed by atoms with E-state index >= 15 is 0 Å². The summed E-state index contributed by atoms with van der Waals surface area (Å²) in [6.07, 6.45) is 1.76. The quantitative estimate of drug-likeness (QED) is 0.834. The number of carbonyl (C=O) groups excluding carboxylic acids is 1. The van der Waals surface area contributed by atoms with Crippen LogP contribution >= 0.6 is 0 Å². The predicted molar refractivity (Wildman–Crippen MR) is 72.1 cm³/mol. The molecule has 0 unspecified atom stereocenters. The number of nitrogens with two attached hydrogens (primary N) is 1. The van der Waals surface area contributed by atoms with Gasteiger partial charge in [-0.15, -0.1) is 0 Å². The van der Waals surface area contributed by atoms with Gasteiger partial charge in [-0.3, -0.25) is 9.36 Å². The largest absolute Gasteiger partial charge is 0.495 e. The second-order valence-electron chi connectivity index (χ2n) is 4.47. The van der Waals surface area contributed by atoms with E-state index < -0.39 is 0 Å². The molecule has 0 aliphatic rings. The molecule has 0 aliphatic carbocycles. The number of ether oxygens (including phenoxy) is 1. The van der Waals surface area contributed by atoms with E-state index in [2.05, 4.69) is 0 Å². The first kappa shape index (κ1) is 12.4. The number of anilines is 1. The maximum absolute atomic E-state index is 12.0. The molecule has 0 spiro atoms. The molecule has 0 amide bonds. The standard InChI is InChI=1S/C13H17N3O2/c1-15(2)8-13(17)16-5-4-9-6-12(18-3)10(14)7-11(9)16/h4-7H,8,14H2,1-3H3. The minimum absolute atomic E-state index is 0.0135. The van der Waals surface area contributed by atoms with Gasteiger partial charge in [0.05, 0.1) is 24.9 Å². The van der Waals surface area contributed by atoms with Crippen molar-refractivity contribution in [2.24, 2.45) is 0 Å². The highest BCUT2D eigenvalue weighted by Gasteiger charge is 2.12. The SMILES string of the molecule is COc1cc2ccn(C(=O)CN(C)C)c2cc1N. The second kappa shape index (κ2) is 4.70. The number of fused-ring (bicyclic) bond motifs is 1. The first-order valence-corrected chi connectivity index (χ1v) is 5.65. The Morgan fingerprint density at radius 1 is 1.44 bits per heavy atom. The molecule has 2 N–H and O–H groups in total. The van der Waals surface area contributed by atoms with Crippen molar-refractivity contribution in [2.45, 2.75) is 0 Å². The lowest BCUT2D eigenvalue weighted by atomic mass is 10.2. The van der Waals surface area contributed by atoms with E-state index in [0.29, 0.717) is 18.0 Å². The summed E-state index contributed by atoms with van der Waals surface area (Å²) < 4.78 is 6.78. The van der Waals surface area contributed by atoms with Gasteiger partial charge < -0.3 is 15.4 Å². The van der Waals surface area contributed by atoms with Crippen LogP contribution in [-0.4, -0.2) is 43.1 Å². The van der Waals surface area contributed by atoms with Crippen LogP contribution in [0.15, 0.2) is 24.4 Å². The Hall–Kier alpha value is -2.01. The fourth-order valence-corrected chi connectivity index (χ4v) is 1.92. The Morgan fingerprint density at radius 2 is 2.17 bits per heavy atom. The minimum atomic E-state index is 0.0135. The number of carbonyl (C=O) groups is 1. The molecule has 1 aromatic carbocycles. The molecule has 18 heavy (non-hydrogen) atoms. The third-order valence-corrected chi connectivity index (χ3v) is 2.76. The summed E-state index contributed by atoms with van der Waals surface area (Å²) in [4.78, 5) is 13.9. The van der Waals surface area contributed by atoms with Crippen LogP contribution in [0.1, 0.15) is 4.79 Å². The van der Waals surface area contributed by atoms with E-state index in [1.807, 2.05) is 31.1 Å². The summed E-state index contributed by atoms with van der Waals surface area (Å²) in [6.45, 7) is 0.357. The minimum Gasteiger partial charge on any atom is -0.495 e. The third-order valence-electron chi connectivity index (χ3n) is 2.76. The van der Waals surface area contributed by atoms with Crippen molar-refractivity contribution in [3.8, 4) is 5.75 Å². The molecule has 0 aliphatic heterocycles. The molecule has 1 aromatic heterocycles. The summed E-state index contributed by atoms with van der Waals surface area (Å²) >= 11 is 0. The molecule has 5 heteroatoms.